The van der Waals surface area contributed by atoms with E-state index >= 15 is 0 Å². The number of thiol groups is 1. The van der Waals surface area contributed by atoms with Crippen molar-refractivity contribution in [1.29, 1.82) is 0 Å². The molecule has 2 atom stereocenters. The number of halogens is 1. The van der Waals surface area contributed by atoms with E-state index in [2.05, 4.69) is 19.8 Å². The number of hydrogen-bond donors (Lipinski definition) is 1. The van der Waals surface area contributed by atoms with Crippen molar-refractivity contribution in [2.75, 3.05) is 48.5 Å². The maximum Gasteiger partial charge on any atom is 0.258 e. The first-order chi connectivity index (χ1) is 24.3. The van der Waals surface area contributed by atoms with Crippen LogP contribution < -0.4 is 19.5 Å². The molecule has 51 heavy (non-hydrogen) atoms. The smallest absolute Gasteiger partial charge is 0.258 e. The minimum absolute atomic E-state index is 0.0248. The molecular weight excluding hydrogens is 678 g/mol. The lowest BCUT2D eigenvalue weighted by molar-refractivity contribution is -0.0269. The summed E-state index contributed by atoms with van der Waals surface area (Å²) in [6.45, 7) is 12.3. The van der Waals surface area contributed by atoms with Gasteiger partial charge in [0.05, 0.1) is 36.2 Å². The highest BCUT2D eigenvalue weighted by Gasteiger charge is 2.46. The van der Waals surface area contributed by atoms with Gasteiger partial charge in [-0.3, -0.25) is 13.9 Å². The van der Waals surface area contributed by atoms with Gasteiger partial charge >= 0.3 is 0 Å². The van der Waals surface area contributed by atoms with Crippen molar-refractivity contribution < 1.29 is 27.1 Å². The van der Waals surface area contributed by atoms with Crippen LogP contribution in [0.15, 0.2) is 53.8 Å². The lowest BCUT2D eigenvalue weighted by atomic mass is 9.72. The van der Waals surface area contributed by atoms with Crippen molar-refractivity contribution in [3.05, 3.63) is 70.8 Å². The third-order valence-electron chi connectivity index (χ3n) is 10.3. The van der Waals surface area contributed by atoms with Crippen molar-refractivity contribution in [2.24, 2.45) is 12.5 Å². The van der Waals surface area contributed by atoms with Gasteiger partial charge in [0.15, 0.2) is 11.6 Å². The number of anilines is 2. The molecule has 13 nitrogen and oxygen atoms in total. The first-order valence-electron chi connectivity index (χ1n) is 17.6. The van der Waals surface area contributed by atoms with E-state index in [0.717, 1.165) is 52.0 Å². The molecule has 2 aromatic heterocycles. The second kappa shape index (κ2) is 15.3. The Balaban J connectivity index is 1.03. The minimum atomic E-state index is -2.89. The summed E-state index contributed by atoms with van der Waals surface area (Å²) in [5, 5.41) is 0. The van der Waals surface area contributed by atoms with Gasteiger partial charge in [0.2, 0.25) is 16.4 Å². The monoisotopic (exact) mass is 725 g/mol. The van der Waals surface area contributed by atoms with Crippen LogP contribution in [-0.4, -0.2) is 102 Å². The number of ether oxygens (including phenoxy) is 2. The van der Waals surface area contributed by atoms with Crippen molar-refractivity contribution in [3.8, 4) is 11.5 Å². The Bertz CT molecular complexity index is 1830. The van der Waals surface area contributed by atoms with Gasteiger partial charge in [0.1, 0.15) is 17.9 Å². The number of hydrogen-bond acceptors (Lipinski definition) is 10. The normalized spacial score (nSPS) is 20.5. The van der Waals surface area contributed by atoms with Crippen LogP contribution in [-0.2, 0) is 22.7 Å². The molecule has 3 saturated heterocycles. The largest absolute Gasteiger partial charge is 0.451 e. The maximum atomic E-state index is 14.4. The number of aromatic nitrogens is 3. The van der Waals surface area contributed by atoms with Crippen molar-refractivity contribution in [2.45, 2.75) is 77.6 Å². The summed E-state index contributed by atoms with van der Waals surface area (Å²) in [7, 11) is -1.29. The third-order valence-corrected chi connectivity index (χ3v) is 11.2. The molecule has 1 aromatic carbocycles. The Morgan fingerprint density at radius 3 is 2.43 bits per heavy atom. The van der Waals surface area contributed by atoms with Crippen LogP contribution in [0.3, 0.4) is 0 Å². The first kappa shape index (κ1) is 36.7. The Hall–Kier alpha value is -4.08. The number of piperidine rings is 1. The van der Waals surface area contributed by atoms with E-state index in [0.29, 0.717) is 30.3 Å². The van der Waals surface area contributed by atoms with Crippen LogP contribution in [0.25, 0.3) is 0 Å². The second-order valence-electron chi connectivity index (χ2n) is 14.6. The van der Waals surface area contributed by atoms with Crippen LogP contribution in [0.5, 0.6) is 11.5 Å². The summed E-state index contributed by atoms with van der Waals surface area (Å²) in [6.07, 6.45) is 8.10. The fourth-order valence-corrected chi connectivity index (χ4v) is 8.47. The molecule has 3 aliphatic rings. The van der Waals surface area contributed by atoms with Crippen LogP contribution in [0.1, 0.15) is 63.7 Å². The molecule has 0 bridgehead atoms. The maximum absolute atomic E-state index is 14.4. The highest BCUT2D eigenvalue weighted by Crippen LogP contribution is 2.45. The van der Waals surface area contributed by atoms with Gasteiger partial charge in [-0.05, 0) is 90.7 Å². The minimum Gasteiger partial charge on any atom is -0.451 e. The number of rotatable bonds is 11. The molecule has 3 fully saturated rings. The number of aryl methyl sites for hydroxylation is 1. The quantitative estimate of drug-likeness (QED) is 0.291. The number of pyridine rings is 1. The van der Waals surface area contributed by atoms with Crippen molar-refractivity contribution in [3.63, 3.8) is 0 Å². The molecule has 0 radical (unpaired) electrons. The van der Waals surface area contributed by atoms with E-state index in [1.54, 1.807) is 30.4 Å². The van der Waals surface area contributed by atoms with Gasteiger partial charge in [0, 0.05) is 56.4 Å². The molecular formula is C36H48FN7O6S. The zero-order valence-corrected chi connectivity index (χ0v) is 30.8. The Morgan fingerprint density at radius 1 is 1.08 bits per heavy atom. The van der Waals surface area contributed by atoms with Gasteiger partial charge in [-0.2, -0.15) is 0 Å². The molecule has 1 spiro atoms. The topological polar surface area (TPSA) is 130 Å². The number of nitrogens with zero attached hydrogens (tertiary/aromatic N) is 7. The highest BCUT2D eigenvalue weighted by molar-refractivity contribution is 7.74. The zero-order valence-electron chi connectivity index (χ0n) is 29.9. The van der Waals surface area contributed by atoms with Gasteiger partial charge in [-0.15, -0.1) is 0 Å². The van der Waals surface area contributed by atoms with Crippen LogP contribution in [0.2, 0.25) is 0 Å². The third kappa shape index (κ3) is 8.05. The zero-order chi connectivity index (χ0) is 36.4. The lowest BCUT2D eigenvalue weighted by Gasteiger charge is -2.54. The van der Waals surface area contributed by atoms with Crippen molar-refractivity contribution >= 4 is 28.3 Å². The predicted molar refractivity (Wildman–Crippen MR) is 193 cm³/mol. The second-order valence-corrected chi connectivity index (χ2v) is 15.5. The molecule has 0 N–H and O–H groups in total. The highest BCUT2D eigenvalue weighted by atomic mass is 32.2. The van der Waals surface area contributed by atoms with E-state index < -0.39 is 16.7 Å². The van der Waals surface area contributed by atoms with E-state index in [9.17, 15) is 22.4 Å². The Morgan fingerprint density at radius 2 is 1.80 bits per heavy atom. The fourth-order valence-electron chi connectivity index (χ4n) is 7.71. The summed E-state index contributed by atoms with van der Waals surface area (Å²) in [4.78, 5) is 40.4. The van der Waals surface area contributed by atoms with Gasteiger partial charge in [-0.25, -0.2) is 22.8 Å². The summed E-state index contributed by atoms with van der Waals surface area (Å²) in [5.74, 6) is 0.492. The average Bonchev–Trinajstić information content (AvgIpc) is 3.07. The molecule has 6 rings (SSSR count). The van der Waals surface area contributed by atoms with Crippen molar-refractivity contribution in [1.82, 2.24) is 24.3 Å². The summed E-state index contributed by atoms with van der Waals surface area (Å²) < 4.78 is 54.0. The van der Waals surface area contributed by atoms with E-state index in [1.807, 2.05) is 27.7 Å². The standard InChI is InChI=1S/C36H48FN7O6S/c1-24(2)43(25(3)4)35(46)30-16-26(37)6-10-31(30)50-32-17-38-23-39-34(32)42-21-36(22-42)12-14-41(15-13-36)19-29-9-7-28(20-49-29)44(51(47)48)27-8-11-33(45)40(5)18-27/h6,8,10-11,16-18,23-25,28-29,51H,7,9,12-15,19-22H2,1-5H3/t28-,29+/m1/s1. The average molecular weight is 726 g/mol. The SMILES string of the molecule is CC(C)N(C(=O)c1cc(F)ccc1Oc1cncnc1N1CC2(CCN(C[C@@H]3CC[C@@H](N(c4ccc(=O)n(C)c4)[SH](=O)=O)CO3)CC2)C1)C(C)C. The van der Waals surface area contributed by atoms with Crippen LogP contribution >= 0.6 is 0 Å². The van der Waals surface area contributed by atoms with E-state index in [1.165, 1.54) is 39.5 Å². The first-order valence-corrected chi connectivity index (χ1v) is 18.8. The molecule has 0 unspecified atom stereocenters. The van der Waals surface area contributed by atoms with Gasteiger partial charge < -0.3 is 28.7 Å². The van der Waals surface area contributed by atoms with E-state index in [-0.39, 0.29) is 52.4 Å². The van der Waals surface area contributed by atoms with Gasteiger partial charge in [-0.1, -0.05) is 0 Å². The molecule has 3 aromatic rings. The number of carbonyl (C=O) groups is 1. The molecule has 0 saturated carbocycles. The summed E-state index contributed by atoms with van der Waals surface area (Å²) in [5.41, 5.74) is 0.570. The predicted octanol–water partition coefficient (Wildman–Crippen LogP) is 3.85. The molecule has 276 valence electrons. The van der Waals surface area contributed by atoms with Crippen LogP contribution in [0, 0.1) is 11.2 Å². The number of amides is 1. The molecule has 5 heterocycles. The Kier molecular flexibility index (Phi) is 11.0. The van der Waals surface area contributed by atoms with Crippen LogP contribution in [0.4, 0.5) is 15.9 Å². The molecule has 1 amide bonds. The van der Waals surface area contributed by atoms with Gasteiger partial charge in [0.25, 0.3) is 5.91 Å². The number of likely N-dealkylation sites (tertiary alicyclic amines) is 1. The van der Waals surface area contributed by atoms with E-state index in [4.69, 9.17) is 9.47 Å². The lowest BCUT2D eigenvalue weighted by Crippen LogP contribution is -2.61. The molecule has 0 aliphatic carbocycles. The fraction of sp³-hybridized carbons (Fsp3) is 0.556. The number of carbonyl (C=O) groups excluding carboxylic acids is 1. The summed E-state index contributed by atoms with van der Waals surface area (Å²) >= 11 is 0. The molecule has 3 aliphatic heterocycles. The Labute approximate surface area is 300 Å². The summed E-state index contributed by atoms with van der Waals surface area (Å²) in [6, 6.07) is 6.44. The number of benzene rings is 1. The molecule has 15 heteroatoms.